The van der Waals surface area contributed by atoms with Crippen LogP contribution < -0.4 is 10.5 Å². The number of nitrogens with two attached hydrogens (primary N) is 1. The van der Waals surface area contributed by atoms with Gasteiger partial charge in [-0.3, -0.25) is 14.9 Å². The summed E-state index contributed by atoms with van der Waals surface area (Å²) < 4.78 is 39.4. The number of primary amides is 1. The molecule has 17 heavy (non-hydrogen) atoms. The second-order valence-corrected chi connectivity index (χ2v) is 2.85. The molecule has 0 aromatic heterocycles. The average molecular weight is 250 g/mol. The number of nitro benzene ring substituents is 1. The van der Waals surface area contributed by atoms with Gasteiger partial charge in [-0.15, -0.1) is 13.2 Å². The van der Waals surface area contributed by atoms with Crippen molar-refractivity contribution in [2.45, 2.75) is 6.36 Å². The van der Waals surface area contributed by atoms with E-state index in [1.165, 1.54) is 0 Å². The minimum Gasteiger partial charge on any atom is -0.405 e. The molecule has 6 nitrogen and oxygen atoms in total. The molecule has 0 fully saturated rings. The number of carbonyl (C=O) groups is 1. The third kappa shape index (κ3) is 3.33. The van der Waals surface area contributed by atoms with Crippen molar-refractivity contribution in [2.24, 2.45) is 5.73 Å². The van der Waals surface area contributed by atoms with E-state index in [0.29, 0.717) is 6.07 Å². The second kappa shape index (κ2) is 4.28. The molecule has 0 bridgehead atoms. The Balaban J connectivity index is 3.25. The maximum absolute atomic E-state index is 12.0. The molecule has 0 radical (unpaired) electrons. The van der Waals surface area contributed by atoms with Gasteiger partial charge in [-0.1, -0.05) is 0 Å². The molecule has 1 aromatic rings. The van der Waals surface area contributed by atoms with E-state index in [4.69, 9.17) is 5.73 Å². The van der Waals surface area contributed by atoms with Crippen molar-refractivity contribution in [3.8, 4) is 5.75 Å². The van der Waals surface area contributed by atoms with Gasteiger partial charge >= 0.3 is 6.36 Å². The number of alkyl halides is 3. The van der Waals surface area contributed by atoms with Crippen LogP contribution in [0.3, 0.4) is 0 Å². The lowest BCUT2D eigenvalue weighted by molar-refractivity contribution is -0.385. The lowest BCUT2D eigenvalue weighted by atomic mass is 10.1. The molecule has 2 N–H and O–H groups in total. The molecule has 92 valence electrons. The van der Waals surface area contributed by atoms with Gasteiger partial charge in [0.1, 0.15) is 5.75 Å². The minimum absolute atomic E-state index is 0.480. The molecule has 0 aliphatic heterocycles. The number of hydrogen-bond donors (Lipinski definition) is 1. The summed E-state index contributed by atoms with van der Waals surface area (Å²) in [6, 6.07) is 2.12. The lowest BCUT2D eigenvalue weighted by Crippen LogP contribution is -2.21. The number of nitro groups is 1. The maximum Gasteiger partial charge on any atom is 0.573 e. The lowest BCUT2D eigenvalue weighted by Gasteiger charge is -2.11. The smallest absolute Gasteiger partial charge is 0.405 e. The topological polar surface area (TPSA) is 95.5 Å². The van der Waals surface area contributed by atoms with Crippen LogP contribution in [-0.2, 0) is 0 Å². The summed E-state index contributed by atoms with van der Waals surface area (Å²) in [7, 11) is 0. The predicted molar refractivity (Wildman–Crippen MR) is 48.3 cm³/mol. The van der Waals surface area contributed by atoms with E-state index in [1.807, 2.05) is 0 Å². The van der Waals surface area contributed by atoms with E-state index < -0.39 is 34.2 Å². The molecule has 0 aliphatic carbocycles. The van der Waals surface area contributed by atoms with Gasteiger partial charge < -0.3 is 10.5 Å². The zero-order valence-corrected chi connectivity index (χ0v) is 8.02. The molecular formula is C8H5F3N2O4. The van der Waals surface area contributed by atoms with Crippen molar-refractivity contribution in [3.05, 3.63) is 33.9 Å². The van der Waals surface area contributed by atoms with Gasteiger partial charge in [-0.05, 0) is 6.07 Å². The molecular weight excluding hydrogens is 245 g/mol. The summed E-state index contributed by atoms with van der Waals surface area (Å²) in [5, 5.41) is 10.4. The van der Waals surface area contributed by atoms with E-state index in [1.54, 1.807) is 0 Å². The molecule has 9 heteroatoms. The Hall–Kier alpha value is -2.32. The fourth-order valence-electron chi connectivity index (χ4n) is 1.04. The molecule has 0 spiro atoms. The Morgan fingerprint density at radius 2 is 2.00 bits per heavy atom. The van der Waals surface area contributed by atoms with Gasteiger partial charge in [-0.25, -0.2) is 0 Å². The van der Waals surface area contributed by atoms with Crippen LogP contribution in [0.25, 0.3) is 0 Å². The standard InChI is InChI=1S/C8H5F3N2O4/c9-8(10,11)17-6-3-4(13(15)16)1-2-5(6)7(12)14/h1-3H,(H2,12,14). The molecule has 0 saturated carbocycles. The van der Waals surface area contributed by atoms with Crippen LogP contribution in [0.5, 0.6) is 5.75 Å². The Kier molecular flexibility index (Phi) is 3.21. The van der Waals surface area contributed by atoms with Crippen LogP contribution in [0.4, 0.5) is 18.9 Å². The molecule has 0 heterocycles. The summed E-state index contributed by atoms with van der Waals surface area (Å²) in [4.78, 5) is 20.2. The summed E-state index contributed by atoms with van der Waals surface area (Å²) >= 11 is 0. The zero-order valence-electron chi connectivity index (χ0n) is 8.02. The van der Waals surface area contributed by atoms with Crippen molar-refractivity contribution in [2.75, 3.05) is 0 Å². The van der Waals surface area contributed by atoms with E-state index in [2.05, 4.69) is 4.74 Å². The first-order chi connectivity index (χ1) is 7.70. The minimum atomic E-state index is -5.07. The number of carbonyl (C=O) groups excluding carboxylic acids is 1. The van der Waals surface area contributed by atoms with Crippen molar-refractivity contribution in [1.29, 1.82) is 0 Å². The van der Waals surface area contributed by atoms with E-state index in [0.717, 1.165) is 12.1 Å². The van der Waals surface area contributed by atoms with Crippen molar-refractivity contribution in [1.82, 2.24) is 0 Å². The van der Waals surface area contributed by atoms with Crippen LogP contribution in [0.1, 0.15) is 10.4 Å². The van der Waals surface area contributed by atoms with Crippen LogP contribution in [0, 0.1) is 10.1 Å². The highest BCUT2D eigenvalue weighted by Crippen LogP contribution is 2.29. The molecule has 1 aromatic carbocycles. The fourth-order valence-corrected chi connectivity index (χ4v) is 1.04. The first kappa shape index (κ1) is 12.7. The molecule has 1 rings (SSSR count). The summed E-state index contributed by atoms with van der Waals surface area (Å²) in [5.41, 5.74) is 3.57. The van der Waals surface area contributed by atoms with Gasteiger partial charge in [0.05, 0.1) is 16.6 Å². The number of halogens is 3. The quantitative estimate of drug-likeness (QED) is 0.650. The third-order valence-electron chi connectivity index (χ3n) is 1.67. The van der Waals surface area contributed by atoms with Gasteiger partial charge in [0.2, 0.25) is 0 Å². The highest BCUT2D eigenvalue weighted by atomic mass is 19.4. The molecule has 0 saturated heterocycles. The van der Waals surface area contributed by atoms with Gasteiger partial charge in [0, 0.05) is 6.07 Å². The average Bonchev–Trinajstić information content (AvgIpc) is 2.14. The van der Waals surface area contributed by atoms with Crippen LogP contribution >= 0.6 is 0 Å². The fraction of sp³-hybridized carbons (Fsp3) is 0.125. The van der Waals surface area contributed by atoms with E-state index in [-0.39, 0.29) is 0 Å². The largest absolute Gasteiger partial charge is 0.573 e. The SMILES string of the molecule is NC(=O)c1ccc([N+](=O)[O-])cc1OC(F)(F)F. The van der Waals surface area contributed by atoms with Gasteiger partial charge in [-0.2, -0.15) is 0 Å². The van der Waals surface area contributed by atoms with Gasteiger partial charge in [0.25, 0.3) is 11.6 Å². The number of ether oxygens (including phenoxy) is 1. The third-order valence-corrected chi connectivity index (χ3v) is 1.67. The Bertz CT molecular complexity index is 472. The number of non-ortho nitro benzene ring substituents is 1. The van der Waals surface area contributed by atoms with E-state index in [9.17, 15) is 28.1 Å². The summed E-state index contributed by atoms with van der Waals surface area (Å²) in [5.74, 6) is -2.18. The van der Waals surface area contributed by atoms with E-state index >= 15 is 0 Å². The highest BCUT2D eigenvalue weighted by molar-refractivity contribution is 5.96. The monoisotopic (exact) mass is 250 g/mol. The summed E-state index contributed by atoms with van der Waals surface area (Å²) in [6.45, 7) is 0. The van der Waals surface area contributed by atoms with Crippen molar-refractivity contribution in [3.63, 3.8) is 0 Å². The predicted octanol–water partition coefficient (Wildman–Crippen LogP) is 1.59. The molecule has 0 aliphatic rings. The number of hydrogen-bond acceptors (Lipinski definition) is 4. The Morgan fingerprint density at radius 3 is 2.41 bits per heavy atom. The number of amides is 1. The maximum atomic E-state index is 12.0. The van der Waals surface area contributed by atoms with Crippen LogP contribution in [0.15, 0.2) is 18.2 Å². The molecule has 0 unspecified atom stereocenters. The number of nitrogens with zero attached hydrogens (tertiary/aromatic N) is 1. The normalized spacial score (nSPS) is 11.0. The Labute approximate surface area is 91.9 Å². The first-order valence-electron chi connectivity index (χ1n) is 4.04. The molecule has 1 amide bonds. The number of rotatable bonds is 3. The van der Waals surface area contributed by atoms with Crippen LogP contribution in [0.2, 0.25) is 0 Å². The van der Waals surface area contributed by atoms with Gasteiger partial charge in [0.15, 0.2) is 0 Å². The van der Waals surface area contributed by atoms with Crippen molar-refractivity contribution < 1.29 is 27.6 Å². The molecule has 0 atom stereocenters. The summed E-state index contributed by atoms with van der Waals surface area (Å²) in [6.07, 6.45) is -5.07. The number of benzene rings is 1. The Morgan fingerprint density at radius 1 is 1.41 bits per heavy atom. The van der Waals surface area contributed by atoms with Crippen molar-refractivity contribution >= 4 is 11.6 Å². The first-order valence-corrected chi connectivity index (χ1v) is 4.04. The second-order valence-electron chi connectivity index (χ2n) is 2.85. The zero-order chi connectivity index (χ0) is 13.2. The highest BCUT2D eigenvalue weighted by Gasteiger charge is 2.33. The van der Waals surface area contributed by atoms with Crippen LogP contribution in [-0.4, -0.2) is 17.2 Å².